The van der Waals surface area contributed by atoms with Gasteiger partial charge in [0, 0.05) is 19.1 Å². The van der Waals surface area contributed by atoms with E-state index in [0.29, 0.717) is 29.4 Å². The van der Waals surface area contributed by atoms with E-state index in [0.717, 1.165) is 12.8 Å². The van der Waals surface area contributed by atoms with Crippen LogP contribution in [0.15, 0.2) is 4.90 Å². The first-order valence-corrected chi connectivity index (χ1v) is 7.62. The zero-order valence-electron chi connectivity index (χ0n) is 11.0. The van der Waals surface area contributed by atoms with Crippen LogP contribution in [0.3, 0.4) is 0 Å². The summed E-state index contributed by atoms with van der Waals surface area (Å²) in [6.45, 7) is 4.76. The Morgan fingerprint density at radius 2 is 2.28 bits per heavy atom. The fourth-order valence-electron chi connectivity index (χ4n) is 2.48. The molecule has 2 N–H and O–H groups in total. The maximum Gasteiger partial charge on any atom is 0.247 e. The van der Waals surface area contributed by atoms with Crippen molar-refractivity contribution in [1.29, 1.82) is 0 Å². The van der Waals surface area contributed by atoms with E-state index in [1.54, 1.807) is 18.3 Å². The van der Waals surface area contributed by atoms with Gasteiger partial charge >= 0.3 is 0 Å². The predicted octanol–water partition coefficient (Wildman–Crippen LogP) is 0.611. The minimum atomic E-state index is -3.43. The van der Waals surface area contributed by atoms with Crippen molar-refractivity contribution < 1.29 is 8.42 Å². The Bertz CT molecular complexity index is 523. The van der Waals surface area contributed by atoms with Crippen LogP contribution in [0.1, 0.15) is 31.2 Å². The summed E-state index contributed by atoms with van der Waals surface area (Å²) in [6.07, 6.45) is 1.86. The summed E-state index contributed by atoms with van der Waals surface area (Å²) in [5, 5.41) is 9.79. The first-order valence-electron chi connectivity index (χ1n) is 6.18. The number of aromatic amines is 1. The zero-order chi connectivity index (χ0) is 13.3. The summed E-state index contributed by atoms with van der Waals surface area (Å²) < 4.78 is 26.9. The maximum absolute atomic E-state index is 12.7. The maximum atomic E-state index is 12.7. The summed E-state index contributed by atoms with van der Waals surface area (Å²) >= 11 is 0. The van der Waals surface area contributed by atoms with Crippen LogP contribution in [-0.2, 0) is 16.6 Å². The highest BCUT2D eigenvalue weighted by atomic mass is 32.2. The fraction of sp³-hybridized carbons (Fsp3) is 0.727. The van der Waals surface area contributed by atoms with Crippen molar-refractivity contribution in [2.24, 2.45) is 0 Å². The number of sulfonamides is 1. The van der Waals surface area contributed by atoms with Crippen LogP contribution >= 0.6 is 0 Å². The van der Waals surface area contributed by atoms with E-state index in [1.807, 2.05) is 6.92 Å². The summed E-state index contributed by atoms with van der Waals surface area (Å²) in [6, 6.07) is 0.0757. The molecular formula is C11H20N4O2S. The standard InChI is InChI=1S/C11H20N4O2S/c1-8-5-4-6-15(8)18(16,17)11-9(2)13-14-10(11)7-12-3/h8,12H,4-7H2,1-3H3,(H,13,14). The molecule has 0 aliphatic carbocycles. The Kier molecular flexibility index (Phi) is 3.74. The molecule has 1 atom stereocenters. The SMILES string of the molecule is CNCc1n[nH]c(C)c1S(=O)(=O)N1CCCC1C. The molecule has 0 radical (unpaired) electrons. The quantitative estimate of drug-likeness (QED) is 0.842. The molecule has 1 fully saturated rings. The topological polar surface area (TPSA) is 78.1 Å². The van der Waals surface area contributed by atoms with Crippen molar-refractivity contribution in [3.63, 3.8) is 0 Å². The zero-order valence-corrected chi connectivity index (χ0v) is 11.8. The van der Waals surface area contributed by atoms with Gasteiger partial charge in [0.05, 0.1) is 11.4 Å². The molecule has 0 saturated carbocycles. The van der Waals surface area contributed by atoms with E-state index < -0.39 is 10.0 Å². The highest BCUT2D eigenvalue weighted by Gasteiger charge is 2.36. The van der Waals surface area contributed by atoms with Crippen molar-refractivity contribution >= 4 is 10.0 Å². The van der Waals surface area contributed by atoms with Gasteiger partial charge in [-0.25, -0.2) is 8.42 Å². The number of hydrogen-bond donors (Lipinski definition) is 2. The van der Waals surface area contributed by atoms with Gasteiger partial charge in [-0.05, 0) is 33.7 Å². The van der Waals surface area contributed by atoms with E-state index in [9.17, 15) is 8.42 Å². The molecule has 0 spiro atoms. The number of nitrogens with one attached hydrogen (secondary N) is 2. The van der Waals surface area contributed by atoms with E-state index in [1.165, 1.54) is 0 Å². The molecule has 1 aromatic rings. The third-order valence-electron chi connectivity index (χ3n) is 3.36. The van der Waals surface area contributed by atoms with Gasteiger partial charge in [0.15, 0.2) is 0 Å². The summed E-state index contributed by atoms with van der Waals surface area (Å²) in [5.74, 6) is 0. The molecule has 18 heavy (non-hydrogen) atoms. The lowest BCUT2D eigenvalue weighted by molar-refractivity contribution is 0.407. The molecule has 1 saturated heterocycles. The van der Waals surface area contributed by atoms with Crippen molar-refractivity contribution in [2.75, 3.05) is 13.6 Å². The van der Waals surface area contributed by atoms with Crippen LogP contribution in [0.4, 0.5) is 0 Å². The summed E-state index contributed by atoms with van der Waals surface area (Å²) in [5.41, 5.74) is 1.17. The average molecular weight is 272 g/mol. The van der Waals surface area contributed by atoms with E-state index in [4.69, 9.17) is 0 Å². The highest BCUT2D eigenvalue weighted by Crippen LogP contribution is 2.28. The fourth-order valence-corrected chi connectivity index (χ4v) is 4.51. The Balaban J connectivity index is 2.43. The van der Waals surface area contributed by atoms with E-state index >= 15 is 0 Å². The van der Waals surface area contributed by atoms with Gasteiger partial charge in [0.1, 0.15) is 4.90 Å². The average Bonchev–Trinajstić information content (AvgIpc) is 2.86. The molecule has 6 nitrogen and oxygen atoms in total. The number of aryl methyl sites for hydroxylation is 1. The lowest BCUT2D eigenvalue weighted by Crippen LogP contribution is -2.34. The molecule has 0 aromatic carbocycles. The minimum Gasteiger partial charge on any atom is -0.314 e. The van der Waals surface area contributed by atoms with Crippen LogP contribution in [0, 0.1) is 6.92 Å². The normalized spacial score (nSPS) is 21.6. The van der Waals surface area contributed by atoms with Gasteiger partial charge in [0.2, 0.25) is 10.0 Å². The van der Waals surface area contributed by atoms with Gasteiger partial charge < -0.3 is 5.32 Å². The molecule has 2 rings (SSSR count). The van der Waals surface area contributed by atoms with Crippen molar-refractivity contribution in [2.45, 2.75) is 44.2 Å². The van der Waals surface area contributed by atoms with Crippen LogP contribution < -0.4 is 5.32 Å². The van der Waals surface area contributed by atoms with E-state index in [-0.39, 0.29) is 6.04 Å². The monoisotopic (exact) mass is 272 g/mol. The van der Waals surface area contributed by atoms with E-state index in [2.05, 4.69) is 15.5 Å². The van der Waals surface area contributed by atoms with Gasteiger partial charge in [0.25, 0.3) is 0 Å². The van der Waals surface area contributed by atoms with Crippen molar-refractivity contribution in [3.8, 4) is 0 Å². The largest absolute Gasteiger partial charge is 0.314 e. The Morgan fingerprint density at radius 1 is 1.56 bits per heavy atom. The van der Waals surface area contributed by atoms with Gasteiger partial charge in [-0.3, -0.25) is 5.10 Å². The van der Waals surface area contributed by atoms with Gasteiger partial charge in [-0.15, -0.1) is 0 Å². The molecule has 102 valence electrons. The third-order valence-corrected chi connectivity index (χ3v) is 5.58. The number of H-pyrrole nitrogens is 1. The second kappa shape index (κ2) is 4.99. The molecule has 0 bridgehead atoms. The number of nitrogens with zero attached hydrogens (tertiary/aromatic N) is 2. The molecule has 7 heteroatoms. The van der Waals surface area contributed by atoms with Gasteiger partial charge in [-0.1, -0.05) is 0 Å². The minimum absolute atomic E-state index is 0.0757. The third kappa shape index (κ3) is 2.17. The lowest BCUT2D eigenvalue weighted by Gasteiger charge is -2.21. The summed E-state index contributed by atoms with van der Waals surface area (Å²) in [7, 11) is -1.65. The van der Waals surface area contributed by atoms with Crippen LogP contribution in [0.25, 0.3) is 0 Å². The second-order valence-electron chi connectivity index (χ2n) is 4.76. The Morgan fingerprint density at radius 3 is 2.83 bits per heavy atom. The molecule has 1 aromatic heterocycles. The van der Waals surface area contributed by atoms with Crippen LogP contribution in [0.5, 0.6) is 0 Å². The summed E-state index contributed by atoms with van der Waals surface area (Å²) in [4.78, 5) is 0.339. The van der Waals surface area contributed by atoms with Crippen LogP contribution in [0.2, 0.25) is 0 Å². The molecule has 1 aliphatic heterocycles. The molecule has 1 aliphatic rings. The second-order valence-corrected chi connectivity index (χ2v) is 6.59. The predicted molar refractivity (Wildman–Crippen MR) is 68.7 cm³/mol. The Hall–Kier alpha value is -0.920. The number of rotatable bonds is 4. The highest BCUT2D eigenvalue weighted by molar-refractivity contribution is 7.89. The van der Waals surface area contributed by atoms with Gasteiger partial charge in [-0.2, -0.15) is 9.40 Å². The lowest BCUT2D eigenvalue weighted by atomic mass is 10.3. The first-order chi connectivity index (χ1) is 8.48. The number of aromatic nitrogens is 2. The number of hydrogen-bond acceptors (Lipinski definition) is 4. The first kappa shape index (κ1) is 13.5. The molecule has 0 amide bonds. The van der Waals surface area contributed by atoms with Crippen molar-refractivity contribution in [3.05, 3.63) is 11.4 Å². The smallest absolute Gasteiger partial charge is 0.247 e. The molecule has 2 heterocycles. The van der Waals surface area contributed by atoms with Crippen molar-refractivity contribution in [1.82, 2.24) is 19.8 Å². The van der Waals surface area contributed by atoms with Crippen LogP contribution in [-0.4, -0.2) is 42.6 Å². The Labute approximate surface area is 108 Å². The molecule has 1 unspecified atom stereocenters. The molecular weight excluding hydrogens is 252 g/mol.